The van der Waals surface area contributed by atoms with E-state index in [1.807, 2.05) is 53.4 Å². The van der Waals surface area contributed by atoms with Gasteiger partial charge in [-0.1, -0.05) is 103 Å². The molecule has 0 aliphatic carbocycles. The number of carbonyl (C=O) groups is 1. The number of oxime groups is 1. The first-order valence-electron chi connectivity index (χ1n) is 11.3. The Morgan fingerprint density at radius 2 is 1.66 bits per heavy atom. The molecule has 0 saturated carbocycles. The predicted molar refractivity (Wildman–Crippen MR) is 129 cm³/mol. The molecular weight excluding hydrogens is 396 g/mol. The number of benzene rings is 3. The number of nitrogens with zero attached hydrogens (tertiary/aromatic N) is 2. The predicted octanol–water partition coefficient (Wildman–Crippen LogP) is 5.71. The van der Waals surface area contributed by atoms with Crippen molar-refractivity contribution in [1.29, 1.82) is 0 Å². The van der Waals surface area contributed by atoms with E-state index in [-0.39, 0.29) is 17.9 Å². The van der Waals surface area contributed by atoms with E-state index < -0.39 is 0 Å². The summed E-state index contributed by atoms with van der Waals surface area (Å²) in [6.45, 7) is 5.21. The van der Waals surface area contributed by atoms with Gasteiger partial charge in [0.15, 0.2) is 6.10 Å². The van der Waals surface area contributed by atoms with Crippen LogP contribution in [0.5, 0.6) is 0 Å². The highest BCUT2D eigenvalue weighted by molar-refractivity contribution is 6.01. The number of hydrogen-bond acceptors (Lipinski definition) is 3. The van der Waals surface area contributed by atoms with Crippen LogP contribution in [0.4, 0.5) is 0 Å². The van der Waals surface area contributed by atoms with Crippen molar-refractivity contribution in [1.82, 2.24) is 4.90 Å². The standard InChI is InChI=1S/C28H30N2O2/c1-3-26(23-12-8-5-9-13-23)28(31)30(19-22-10-6-4-7-11-22)20-25-18-27(29-32-25)24-16-14-21(2)15-17-24/h4-17,25-26H,3,18-20H2,1-2H3. The monoisotopic (exact) mass is 426 g/mol. The number of carbonyl (C=O) groups excluding carboxylic acids is 1. The van der Waals surface area contributed by atoms with Gasteiger partial charge in [0.05, 0.1) is 18.2 Å². The Morgan fingerprint density at radius 1 is 1.00 bits per heavy atom. The second kappa shape index (κ2) is 10.3. The van der Waals surface area contributed by atoms with Crippen LogP contribution < -0.4 is 0 Å². The number of aryl methyl sites for hydroxylation is 1. The zero-order chi connectivity index (χ0) is 22.3. The third-order valence-electron chi connectivity index (χ3n) is 5.98. The van der Waals surface area contributed by atoms with E-state index in [0.29, 0.717) is 19.5 Å². The molecule has 4 heteroatoms. The van der Waals surface area contributed by atoms with Gasteiger partial charge in [-0.15, -0.1) is 0 Å². The van der Waals surface area contributed by atoms with Crippen molar-refractivity contribution in [2.75, 3.05) is 6.54 Å². The van der Waals surface area contributed by atoms with E-state index in [0.717, 1.165) is 28.8 Å². The molecule has 32 heavy (non-hydrogen) atoms. The second-order valence-corrected chi connectivity index (χ2v) is 8.41. The molecule has 1 aliphatic rings. The molecule has 3 aromatic carbocycles. The van der Waals surface area contributed by atoms with Gasteiger partial charge in [-0.25, -0.2) is 0 Å². The maximum atomic E-state index is 13.7. The molecule has 2 unspecified atom stereocenters. The highest BCUT2D eigenvalue weighted by Gasteiger charge is 2.30. The Balaban J connectivity index is 1.51. The third kappa shape index (κ3) is 5.25. The average molecular weight is 427 g/mol. The molecule has 0 saturated heterocycles. The van der Waals surface area contributed by atoms with Gasteiger partial charge >= 0.3 is 0 Å². The quantitative estimate of drug-likeness (QED) is 0.463. The molecule has 0 N–H and O–H groups in total. The van der Waals surface area contributed by atoms with E-state index in [1.54, 1.807) is 0 Å². The molecule has 1 amide bonds. The third-order valence-corrected chi connectivity index (χ3v) is 5.98. The average Bonchev–Trinajstić information content (AvgIpc) is 3.29. The summed E-state index contributed by atoms with van der Waals surface area (Å²) in [6, 6.07) is 28.5. The molecular formula is C28H30N2O2. The maximum absolute atomic E-state index is 13.7. The van der Waals surface area contributed by atoms with Gasteiger partial charge in [0.1, 0.15) is 0 Å². The van der Waals surface area contributed by atoms with Crippen molar-refractivity contribution in [2.45, 2.75) is 45.3 Å². The fraction of sp³-hybridized carbons (Fsp3) is 0.286. The van der Waals surface area contributed by atoms with Crippen LogP contribution in [0.15, 0.2) is 90.1 Å². The van der Waals surface area contributed by atoms with Crippen molar-refractivity contribution in [3.8, 4) is 0 Å². The van der Waals surface area contributed by atoms with Crippen LogP contribution in [0.3, 0.4) is 0 Å². The minimum absolute atomic E-state index is 0.134. The minimum Gasteiger partial charge on any atom is -0.390 e. The van der Waals surface area contributed by atoms with E-state index >= 15 is 0 Å². The molecule has 0 fully saturated rings. The number of amides is 1. The van der Waals surface area contributed by atoms with E-state index in [2.05, 4.69) is 55.4 Å². The van der Waals surface area contributed by atoms with Crippen molar-refractivity contribution in [3.05, 3.63) is 107 Å². The van der Waals surface area contributed by atoms with Gasteiger partial charge in [0.25, 0.3) is 0 Å². The molecule has 0 aromatic heterocycles. The van der Waals surface area contributed by atoms with Crippen LogP contribution in [0.2, 0.25) is 0 Å². The Labute approximate surface area is 190 Å². The van der Waals surface area contributed by atoms with Crippen LogP contribution in [0.25, 0.3) is 0 Å². The lowest BCUT2D eigenvalue weighted by Gasteiger charge is -2.29. The smallest absolute Gasteiger partial charge is 0.230 e. The van der Waals surface area contributed by atoms with Gasteiger partial charge in [0, 0.05) is 13.0 Å². The first-order chi connectivity index (χ1) is 15.6. The van der Waals surface area contributed by atoms with Crippen molar-refractivity contribution < 1.29 is 9.63 Å². The zero-order valence-electron chi connectivity index (χ0n) is 18.8. The Morgan fingerprint density at radius 3 is 2.31 bits per heavy atom. The van der Waals surface area contributed by atoms with Crippen molar-refractivity contribution in [3.63, 3.8) is 0 Å². The topological polar surface area (TPSA) is 41.9 Å². The lowest BCUT2D eigenvalue weighted by atomic mass is 9.94. The summed E-state index contributed by atoms with van der Waals surface area (Å²) in [5, 5.41) is 4.34. The highest BCUT2D eigenvalue weighted by atomic mass is 16.6. The van der Waals surface area contributed by atoms with Gasteiger partial charge in [-0.2, -0.15) is 0 Å². The van der Waals surface area contributed by atoms with Gasteiger partial charge in [0.2, 0.25) is 5.91 Å². The lowest BCUT2D eigenvalue weighted by molar-refractivity contribution is -0.135. The van der Waals surface area contributed by atoms with Crippen molar-refractivity contribution >= 4 is 11.6 Å². The minimum atomic E-state index is -0.168. The summed E-state index contributed by atoms with van der Waals surface area (Å²) < 4.78 is 0. The molecule has 0 bridgehead atoms. The summed E-state index contributed by atoms with van der Waals surface area (Å²) in [5.41, 5.74) is 5.41. The maximum Gasteiger partial charge on any atom is 0.230 e. The van der Waals surface area contributed by atoms with Gasteiger partial charge in [-0.3, -0.25) is 4.79 Å². The molecule has 1 aliphatic heterocycles. The van der Waals surface area contributed by atoms with Crippen LogP contribution in [-0.2, 0) is 16.2 Å². The Kier molecular flexibility index (Phi) is 7.00. The van der Waals surface area contributed by atoms with Crippen LogP contribution in [-0.4, -0.2) is 29.2 Å². The fourth-order valence-electron chi connectivity index (χ4n) is 4.18. The molecule has 4 rings (SSSR count). The molecule has 0 spiro atoms. The van der Waals surface area contributed by atoms with Crippen LogP contribution in [0, 0.1) is 6.92 Å². The largest absolute Gasteiger partial charge is 0.390 e. The lowest BCUT2D eigenvalue weighted by Crippen LogP contribution is -2.40. The normalized spacial score (nSPS) is 16.2. The first-order valence-corrected chi connectivity index (χ1v) is 11.3. The van der Waals surface area contributed by atoms with E-state index in [1.165, 1.54) is 5.56 Å². The number of hydrogen-bond donors (Lipinski definition) is 0. The molecule has 164 valence electrons. The van der Waals surface area contributed by atoms with E-state index in [4.69, 9.17) is 4.84 Å². The Bertz CT molecular complexity index is 1050. The summed E-state index contributed by atoms with van der Waals surface area (Å²) in [5.74, 6) is -0.0336. The summed E-state index contributed by atoms with van der Waals surface area (Å²) in [4.78, 5) is 21.4. The second-order valence-electron chi connectivity index (χ2n) is 8.41. The van der Waals surface area contributed by atoms with Crippen LogP contribution >= 0.6 is 0 Å². The zero-order valence-corrected chi connectivity index (χ0v) is 18.8. The molecule has 3 aromatic rings. The van der Waals surface area contributed by atoms with Gasteiger partial charge < -0.3 is 9.74 Å². The first kappa shape index (κ1) is 21.8. The molecule has 2 atom stereocenters. The SMILES string of the molecule is CCC(C(=O)N(Cc1ccccc1)CC1CC(c2ccc(C)cc2)=NO1)c1ccccc1. The molecule has 0 radical (unpaired) electrons. The van der Waals surface area contributed by atoms with Crippen molar-refractivity contribution in [2.24, 2.45) is 5.16 Å². The molecule has 4 nitrogen and oxygen atoms in total. The van der Waals surface area contributed by atoms with Gasteiger partial charge in [-0.05, 0) is 30.0 Å². The van der Waals surface area contributed by atoms with Crippen LogP contribution in [0.1, 0.15) is 47.9 Å². The Hall–Kier alpha value is -3.40. The molecule has 1 heterocycles. The highest BCUT2D eigenvalue weighted by Crippen LogP contribution is 2.25. The van der Waals surface area contributed by atoms with E-state index in [9.17, 15) is 4.79 Å². The fourth-order valence-corrected chi connectivity index (χ4v) is 4.18. The number of rotatable bonds is 8. The summed E-state index contributed by atoms with van der Waals surface area (Å²) in [7, 11) is 0. The summed E-state index contributed by atoms with van der Waals surface area (Å²) >= 11 is 0. The summed E-state index contributed by atoms with van der Waals surface area (Å²) in [6.07, 6.45) is 1.31.